The molecule has 0 saturated heterocycles. The molecule has 1 saturated carbocycles. The second-order valence-electron chi connectivity index (χ2n) is 7.11. The molecule has 0 radical (unpaired) electrons. The molecule has 0 aliphatic heterocycles. The van der Waals surface area contributed by atoms with Crippen molar-refractivity contribution in [3.8, 4) is 0 Å². The fourth-order valence-corrected chi connectivity index (χ4v) is 4.01. The van der Waals surface area contributed by atoms with Crippen LogP contribution in [-0.4, -0.2) is 7.05 Å². The quantitative estimate of drug-likeness (QED) is 0.811. The number of rotatable bonds is 4. The molecule has 1 N–H and O–H groups in total. The lowest BCUT2D eigenvalue weighted by Crippen LogP contribution is -2.30. The van der Waals surface area contributed by atoms with E-state index in [9.17, 15) is 0 Å². The van der Waals surface area contributed by atoms with Crippen molar-refractivity contribution in [3.05, 3.63) is 34.9 Å². The Kier molecular flexibility index (Phi) is 5.26. The third-order valence-corrected chi connectivity index (χ3v) is 5.14. The molecule has 1 aromatic carbocycles. The Morgan fingerprint density at radius 3 is 1.85 bits per heavy atom. The summed E-state index contributed by atoms with van der Waals surface area (Å²) in [5.41, 5.74) is 4.25. The van der Waals surface area contributed by atoms with Crippen molar-refractivity contribution in [1.29, 1.82) is 0 Å². The molecule has 0 bridgehead atoms. The van der Waals surface area contributed by atoms with Crippen LogP contribution in [0.4, 0.5) is 0 Å². The highest BCUT2D eigenvalue weighted by Gasteiger charge is 2.28. The minimum atomic E-state index is 0.529. The average molecular weight is 273 g/mol. The van der Waals surface area contributed by atoms with Gasteiger partial charge in [0, 0.05) is 6.04 Å². The van der Waals surface area contributed by atoms with Gasteiger partial charge in [-0.15, -0.1) is 0 Å². The molecular weight excluding hydrogens is 242 g/mol. The summed E-state index contributed by atoms with van der Waals surface area (Å²) in [6.45, 7) is 9.17. The summed E-state index contributed by atoms with van der Waals surface area (Å²) < 4.78 is 0. The van der Waals surface area contributed by atoms with E-state index in [0.29, 0.717) is 6.04 Å². The van der Waals surface area contributed by atoms with Crippen LogP contribution in [0.2, 0.25) is 0 Å². The molecule has 2 rings (SSSR count). The van der Waals surface area contributed by atoms with E-state index in [1.807, 2.05) is 0 Å². The normalized spacial score (nSPS) is 24.9. The van der Waals surface area contributed by atoms with E-state index in [-0.39, 0.29) is 0 Å². The van der Waals surface area contributed by atoms with Crippen LogP contribution in [0.3, 0.4) is 0 Å². The number of nitrogens with one attached hydrogen (secondary N) is 1. The molecule has 0 amide bonds. The zero-order valence-corrected chi connectivity index (χ0v) is 13.9. The highest BCUT2D eigenvalue weighted by atomic mass is 14.9. The lowest BCUT2D eigenvalue weighted by atomic mass is 9.73. The topological polar surface area (TPSA) is 12.0 Å². The zero-order chi connectivity index (χ0) is 14.7. The minimum Gasteiger partial charge on any atom is -0.313 e. The first kappa shape index (κ1) is 15.6. The molecule has 1 unspecified atom stereocenters. The van der Waals surface area contributed by atoms with Gasteiger partial charge in [-0.1, -0.05) is 43.2 Å². The Morgan fingerprint density at radius 1 is 0.900 bits per heavy atom. The second kappa shape index (κ2) is 6.76. The van der Waals surface area contributed by atoms with Crippen molar-refractivity contribution in [1.82, 2.24) is 5.32 Å². The molecule has 1 atom stereocenters. The van der Waals surface area contributed by atoms with Gasteiger partial charge in [0.15, 0.2) is 0 Å². The van der Waals surface area contributed by atoms with Crippen molar-refractivity contribution < 1.29 is 0 Å². The first-order chi connectivity index (χ1) is 9.51. The van der Waals surface area contributed by atoms with Crippen LogP contribution >= 0.6 is 0 Å². The third kappa shape index (κ3) is 3.63. The second-order valence-corrected chi connectivity index (χ2v) is 7.11. The van der Waals surface area contributed by atoms with Crippen LogP contribution in [-0.2, 0) is 0 Å². The van der Waals surface area contributed by atoms with Crippen LogP contribution in [0.1, 0.15) is 62.3 Å². The summed E-state index contributed by atoms with van der Waals surface area (Å²) in [6, 6.07) is 7.53. The minimum absolute atomic E-state index is 0.529. The molecule has 0 spiro atoms. The predicted octanol–water partition coefficient (Wildman–Crippen LogP) is 5.03. The van der Waals surface area contributed by atoms with Crippen molar-refractivity contribution in [2.24, 2.45) is 17.8 Å². The van der Waals surface area contributed by atoms with Gasteiger partial charge in [-0.3, -0.25) is 0 Å². The monoisotopic (exact) mass is 273 g/mol. The summed E-state index contributed by atoms with van der Waals surface area (Å²) in [6.07, 6.45) is 5.57. The summed E-state index contributed by atoms with van der Waals surface area (Å²) in [4.78, 5) is 0. The molecule has 112 valence electrons. The summed E-state index contributed by atoms with van der Waals surface area (Å²) >= 11 is 0. The molecule has 1 aliphatic rings. The Labute approximate surface area is 125 Å². The summed E-state index contributed by atoms with van der Waals surface area (Å²) in [5, 5.41) is 3.59. The average Bonchev–Trinajstić information content (AvgIpc) is 2.39. The molecule has 1 aliphatic carbocycles. The predicted molar refractivity (Wildman–Crippen MR) is 88.0 cm³/mol. The Bertz CT molecular complexity index is 407. The van der Waals surface area contributed by atoms with Crippen LogP contribution in [0.5, 0.6) is 0 Å². The van der Waals surface area contributed by atoms with Gasteiger partial charge in [0.25, 0.3) is 0 Å². The molecule has 1 aromatic rings. The number of benzene rings is 1. The Hall–Kier alpha value is -0.820. The first-order valence-corrected chi connectivity index (χ1v) is 8.26. The van der Waals surface area contributed by atoms with Crippen LogP contribution < -0.4 is 5.32 Å². The molecular formula is C19H31N. The fraction of sp³-hybridized carbons (Fsp3) is 0.684. The van der Waals surface area contributed by atoms with Crippen molar-refractivity contribution >= 4 is 0 Å². The standard InChI is InChI=1S/C19H31N/c1-13(2)16-6-8-17(9-7-16)19(20-5)18-11-14(3)10-15(4)12-18/h10-13,16-17,19-20H,6-9H2,1-5H3. The largest absolute Gasteiger partial charge is 0.313 e. The van der Waals surface area contributed by atoms with E-state index in [4.69, 9.17) is 0 Å². The highest BCUT2D eigenvalue weighted by Crippen LogP contribution is 2.39. The lowest BCUT2D eigenvalue weighted by Gasteiger charge is -2.35. The molecule has 0 aromatic heterocycles. The van der Waals surface area contributed by atoms with E-state index in [0.717, 1.165) is 17.8 Å². The summed E-state index contributed by atoms with van der Waals surface area (Å²) in [7, 11) is 2.12. The van der Waals surface area contributed by atoms with Crippen molar-refractivity contribution in [3.63, 3.8) is 0 Å². The first-order valence-electron chi connectivity index (χ1n) is 8.26. The highest BCUT2D eigenvalue weighted by molar-refractivity contribution is 5.31. The summed E-state index contributed by atoms with van der Waals surface area (Å²) in [5.74, 6) is 2.60. The lowest BCUT2D eigenvalue weighted by molar-refractivity contribution is 0.192. The van der Waals surface area contributed by atoms with Crippen molar-refractivity contribution in [2.75, 3.05) is 7.05 Å². The molecule has 20 heavy (non-hydrogen) atoms. The van der Waals surface area contributed by atoms with E-state index in [1.54, 1.807) is 0 Å². The van der Waals surface area contributed by atoms with Gasteiger partial charge >= 0.3 is 0 Å². The van der Waals surface area contributed by atoms with E-state index >= 15 is 0 Å². The number of hydrogen-bond donors (Lipinski definition) is 1. The molecule has 1 fully saturated rings. The van der Waals surface area contributed by atoms with Gasteiger partial charge in [0.05, 0.1) is 0 Å². The van der Waals surface area contributed by atoms with Gasteiger partial charge in [0.1, 0.15) is 0 Å². The maximum atomic E-state index is 3.59. The number of hydrogen-bond acceptors (Lipinski definition) is 1. The van der Waals surface area contributed by atoms with E-state index < -0.39 is 0 Å². The van der Waals surface area contributed by atoms with Crippen LogP contribution in [0.15, 0.2) is 18.2 Å². The van der Waals surface area contributed by atoms with Gasteiger partial charge in [-0.25, -0.2) is 0 Å². The smallest absolute Gasteiger partial charge is 0.0346 e. The van der Waals surface area contributed by atoms with E-state index in [2.05, 4.69) is 58.3 Å². The molecule has 0 heterocycles. The third-order valence-electron chi connectivity index (χ3n) is 5.14. The van der Waals surface area contributed by atoms with Gasteiger partial charge < -0.3 is 5.32 Å². The van der Waals surface area contributed by atoms with Crippen LogP contribution in [0, 0.1) is 31.6 Å². The van der Waals surface area contributed by atoms with E-state index in [1.165, 1.54) is 42.4 Å². The Morgan fingerprint density at radius 2 is 1.40 bits per heavy atom. The van der Waals surface area contributed by atoms with Gasteiger partial charge in [0.2, 0.25) is 0 Å². The number of aryl methyl sites for hydroxylation is 2. The molecule has 1 nitrogen and oxygen atoms in total. The molecule has 1 heteroatoms. The maximum Gasteiger partial charge on any atom is 0.0346 e. The van der Waals surface area contributed by atoms with Gasteiger partial charge in [-0.05, 0) is 69.9 Å². The maximum absolute atomic E-state index is 3.59. The fourth-order valence-electron chi connectivity index (χ4n) is 4.01. The van der Waals surface area contributed by atoms with Crippen LogP contribution in [0.25, 0.3) is 0 Å². The van der Waals surface area contributed by atoms with Gasteiger partial charge in [-0.2, -0.15) is 0 Å². The SMILES string of the molecule is CNC(c1cc(C)cc(C)c1)C1CCC(C(C)C)CC1. The zero-order valence-electron chi connectivity index (χ0n) is 13.9. The Balaban J connectivity index is 2.09. The van der Waals surface area contributed by atoms with Crippen molar-refractivity contribution in [2.45, 2.75) is 59.4 Å².